The highest BCUT2D eigenvalue weighted by molar-refractivity contribution is 5.83. The topological polar surface area (TPSA) is 99.8 Å². The van der Waals surface area contributed by atoms with E-state index in [1.54, 1.807) is 6.92 Å². The van der Waals surface area contributed by atoms with Gasteiger partial charge in [-0.25, -0.2) is 9.59 Å². The van der Waals surface area contributed by atoms with Gasteiger partial charge in [-0.1, -0.05) is 58.4 Å². The molecule has 4 aliphatic rings. The van der Waals surface area contributed by atoms with Crippen LogP contribution in [0.2, 0.25) is 0 Å². The van der Waals surface area contributed by atoms with E-state index in [2.05, 4.69) is 34.4 Å². The summed E-state index contributed by atoms with van der Waals surface area (Å²) in [5, 5.41) is 9.29. The molecule has 0 aromatic heterocycles. The molecule has 1 aliphatic heterocycles. The minimum Gasteiger partial charge on any atom is -0.447 e. The van der Waals surface area contributed by atoms with E-state index < -0.39 is 6.09 Å². The van der Waals surface area contributed by atoms with E-state index in [1.807, 2.05) is 6.92 Å². The predicted molar refractivity (Wildman–Crippen MR) is 153 cm³/mol. The fraction of sp³-hybridized carbons (Fsp3) is 0.839. The van der Waals surface area contributed by atoms with Crippen LogP contribution in [-0.4, -0.2) is 60.6 Å². The Kier molecular flexibility index (Phi) is 10.2. The highest BCUT2D eigenvalue weighted by Gasteiger charge is 2.54. The molecule has 3 N–H and O–H groups in total. The van der Waals surface area contributed by atoms with Crippen LogP contribution in [0.15, 0.2) is 12.3 Å². The van der Waals surface area contributed by atoms with Crippen molar-refractivity contribution in [2.75, 3.05) is 19.7 Å². The molecule has 220 valence electrons. The quantitative estimate of drug-likeness (QED) is 0.297. The Morgan fingerprint density at radius 3 is 2.33 bits per heavy atom. The zero-order valence-electron chi connectivity index (χ0n) is 24.6. The Bertz CT molecular complexity index is 878. The van der Waals surface area contributed by atoms with Gasteiger partial charge in [0.1, 0.15) is 6.61 Å². The summed E-state index contributed by atoms with van der Waals surface area (Å²) in [4.78, 5) is 40.4. The summed E-state index contributed by atoms with van der Waals surface area (Å²) in [6.07, 6.45) is 13.8. The largest absolute Gasteiger partial charge is 0.447 e. The summed E-state index contributed by atoms with van der Waals surface area (Å²) in [6, 6.07) is -0.543. The maximum absolute atomic E-state index is 13.6. The van der Waals surface area contributed by atoms with Crippen LogP contribution in [0.25, 0.3) is 0 Å². The monoisotopic (exact) mass is 544 g/mol. The Balaban J connectivity index is 1.44. The van der Waals surface area contributed by atoms with Crippen molar-refractivity contribution in [3.8, 4) is 0 Å². The SMILES string of the molecule is C=C(CC(NC(=O)NC(COC(=O)NCC)C1CCCCCC1)C1(C)CCCCC1)N1C[C@@H]2C[C@@H]2C1C(C)=O. The number of carbonyl (C=O) groups excluding carboxylic acids is 3. The van der Waals surface area contributed by atoms with Crippen molar-refractivity contribution in [1.29, 1.82) is 0 Å². The van der Waals surface area contributed by atoms with E-state index in [9.17, 15) is 14.4 Å². The Hall–Kier alpha value is -2.25. The zero-order chi connectivity index (χ0) is 28.0. The minimum atomic E-state index is -0.439. The second-order valence-corrected chi connectivity index (χ2v) is 13.0. The van der Waals surface area contributed by atoms with E-state index in [1.165, 1.54) is 19.3 Å². The fourth-order valence-corrected chi connectivity index (χ4v) is 7.58. The maximum Gasteiger partial charge on any atom is 0.407 e. The molecule has 3 amide bonds. The number of carbonyl (C=O) groups is 3. The number of Topliss-reactive ketones (excluding diaryl/α,β-unsaturated/α-hetero) is 1. The van der Waals surface area contributed by atoms with E-state index in [4.69, 9.17) is 4.74 Å². The van der Waals surface area contributed by atoms with Crippen LogP contribution in [-0.2, 0) is 9.53 Å². The van der Waals surface area contributed by atoms with E-state index in [0.29, 0.717) is 30.7 Å². The lowest BCUT2D eigenvalue weighted by Crippen LogP contribution is -2.55. The second kappa shape index (κ2) is 13.4. The summed E-state index contributed by atoms with van der Waals surface area (Å²) in [6.45, 7) is 11.9. The Labute approximate surface area is 235 Å². The summed E-state index contributed by atoms with van der Waals surface area (Å²) in [7, 11) is 0. The van der Waals surface area contributed by atoms with Crippen molar-refractivity contribution in [2.24, 2.45) is 23.2 Å². The number of alkyl carbamates (subject to hydrolysis) is 1. The molecule has 39 heavy (non-hydrogen) atoms. The van der Waals surface area contributed by atoms with Crippen LogP contribution in [0.3, 0.4) is 0 Å². The van der Waals surface area contributed by atoms with Gasteiger partial charge in [-0.3, -0.25) is 4.79 Å². The summed E-state index contributed by atoms with van der Waals surface area (Å²) < 4.78 is 5.52. The van der Waals surface area contributed by atoms with Crippen molar-refractivity contribution >= 4 is 17.9 Å². The fourth-order valence-electron chi connectivity index (χ4n) is 7.58. The lowest BCUT2D eigenvalue weighted by Gasteiger charge is -2.43. The first kappa shape index (κ1) is 29.7. The van der Waals surface area contributed by atoms with E-state index in [0.717, 1.165) is 70.0 Å². The summed E-state index contributed by atoms with van der Waals surface area (Å²) in [5.41, 5.74) is 0.946. The van der Waals surface area contributed by atoms with Crippen molar-refractivity contribution in [2.45, 2.75) is 122 Å². The van der Waals surface area contributed by atoms with Gasteiger partial charge in [-0.15, -0.1) is 0 Å². The van der Waals surface area contributed by atoms with Gasteiger partial charge in [0.2, 0.25) is 0 Å². The summed E-state index contributed by atoms with van der Waals surface area (Å²) in [5.74, 6) is 1.61. The molecule has 1 heterocycles. The zero-order valence-corrected chi connectivity index (χ0v) is 24.6. The molecule has 8 heteroatoms. The average Bonchev–Trinajstić information content (AvgIpc) is 3.63. The highest BCUT2D eigenvalue weighted by atomic mass is 16.5. The van der Waals surface area contributed by atoms with Crippen LogP contribution in [0.4, 0.5) is 9.59 Å². The Morgan fingerprint density at radius 1 is 1.03 bits per heavy atom. The van der Waals surface area contributed by atoms with Gasteiger partial charge >= 0.3 is 12.1 Å². The maximum atomic E-state index is 13.6. The number of amides is 3. The van der Waals surface area contributed by atoms with Crippen molar-refractivity contribution in [1.82, 2.24) is 20.9 Å². The van der Waals surface area contributed by atoms with Gasteiger partial charge in [0.15, 0.2) is 5.78 Å². The smallest absolute Gasteiger partial charge is 0.407 e. The molecule has 0 spiro atoms. The standard InChI is InChI=1S/C31H52N4O4/c1-5-32-30(38)39-20-26(23-13-9-6-7-10-14-23)33-29(37)34-27(31(4)15-11-8-12-16-31)17-21(2)35-19-24-18-25(24)28(35)22(3)36/h23-28H,2,5-20H2,1,3-4H3,(H,32,38)(H2,33,34,37)/t24-,25-,26?,27?,28?/m0/s1. The third-order valence-corrected chi connectivity index (χ3v) is 10.1. The third kappa shape index (κ3) is 7.69. The molecule has 4 rings (SSSR count). The van der Waals surface area contributed by atoms with Crippen LogP contribution in [0.5, 0.6) is 0 Å². The molecule has 0 radical (unpaired) electrons. The van der Waals surface area contributed by atoms with Crippen LogP contribution < -0.4 is 16.0 Å². The van der Waals surface area contributed by atoms with Crippen LogP contribution >= 0.6 is 0 Å². The van der Waals surface area contributed by atoms with Gasteiger partial charge in [-0.2, -0.15) is 0 Å². The first-order valence-electron chi connectivity index (χ1n) is 15.6. The first-order chi connectivity index (χ1) is 18.7. The predicted octanol–water partition coefficient (Wildman–Crippen LogP) is 5.52. The number of nitrogens with zero attached hydrogens (tertiary/aromatic N) is 1. The molecule has 4 fully saturated rings. The molecule has 1 saturated heterocycles. The van der Waals surface area contributed by atoms with Gasteiger partial charge in [0.05, 0.1) is 12.1 Å². The molecule has 0 aromatic carbocycles. The number of fused-ring (bicyclic) bond motifs is 1. The Morgan fingerprint density at radius 2 is 1.69 bits per heavy atom. The lowest BCUT2D eigenvalue weighted by atomic mass is 9.69. The van der Waals surface area contributed by atoms with Gasteiger partial charge in [0.25, 0.3) is 0 Å². The van der Waals surface area contributed by atoms with E-state index >= 15 is 0 Å². The minimum absolute atomic E-state index is 0.0256. The van der Waals surface area contributed by atoms with Gasteiger partial charge in [-0.05, 0) is 69.1 Å². The number of hydrogen-bond acceptors (Lipinski definition) is 5. The molecule has 3 saturated carbocycles. The second-order valence-electron chi connectivity index (χ2n) is 13.0. The molecule has 8 nitrogen and oxygen atoms in total. The van der Waals surface area contributed by atoms with Crippen molar-refractivity contribution in [3.05, 3.63) is 12.3 Å². The highest BCUT2D eigenvalue weighted by Crippen LogP contribution is 2.51. The van der Waals surface area contributed by atoms with Crippen molar-refractivity contribution in [3.63, 3.8) is 0 Å². The van der Waals surface area contributed by atoms with Gasteiger partial charge in [0, 0.05) is 31.2 Å². The number of piperidine rings is 1. The number of likely N-dealkylation sites (tertiary alicyclic amines) is 1. The normalized spacial score (nSPS) is 27.9. The molecule has 3 unspecified atom stereocenters. The number of rotatable bonds is 11. The molecular weight excluding hydrogens is 492 g/mol. The number of nitrogens with one attached hydrogen (secondary N) is 3. The molecule has 3 aliphatic carbocycles. The van der Waals surface area contributed by atoms with Crippen LogP contribution in [0, 0.1) is 23.2 Å². The number of ketones is 1. The summed E-state index contributed by atoms with van der Waals surface area (Å²) >= 11 is 0. The molecule has 0 bridgehead atoms. The van der Waals surface area contributed by atoms with Crippen molar-refractivity contribution < 1.29 is 19.1 Å². The number of ether oxygens (including phenoxy) is 1. The first-order valence-corrected chi connectivity index (χ1v) is 15.6. The van der Waals surface area contributed by atoms with Gasteiger partial charge < -0.3 is 25.6 Å². The molecule has 5 atom stereocenters. The number of hydrogen-bond donors (Lipinski definition) is 3. The lowest BCUT2D eigenvalue weighted by molar-refractivity contribution is -0.121. The van der Waals surface area contributed by atoms with E-state index in [-0.39, 0.29) is 42.0 Å². The average molecular weight is 545 g/mol. The van der Waals surface area contributed by atoms with Crippen LogP contribution in [0.1, 0.15) is 104 Å². The molecule has 0 aromatic rings. The molecular formula is C31H52N4O4. The number of urea groups is 1. The third-order valence-electron chi connectivity index (χ3n) is 10.1.